The molecule has 1 fully saturated rings. The van der Waals surface area contributed by atoms with Crippen molar-refractivity contribution < 1.29 is 13.2 Å². The van der Waals surface area contributed by atoms with E-state index in [2.05, 4.69) is 5.32 Å². The summed E-state index contributed by atoms with van der Waals surface area (Å²) in [5.74, 6) is -0.200. The lowest BCUT2D eigenvalue weighted by atomic mass is 10.1. The van der Waals surface area contributed by atoms with Gasteiger partial charge in [0.2, 0.25) is 10.0 Å². The molecule has 0 saturated carbocycles. The van der Waals surface area contributed by atoms with Crippen molar-refractivity contribution in [2.75, 3.05) is 21.9 Å². The minimum Gasteiger partial charge on any atom is -0.322 e. The molecule has 1 aliphatic rings. The predicted octanol–water partition coefficient (Wildman–Crippen LogP) is 4.09. The first-order valence-corrected chi connectivity index (χ1v) is 10.0. The van der Waals surface area contributed by atoms with Crippen LogP contribution in [-0.2, 0) is 10.0 Å². The smallest absolute Gasteiger partial charge is 0.255 e. The predicted molar refractivity (Wildman–Crippen MR) is 101 cm³/mol. The van der Waals surface area contributed by atoms with Gasteiger partial charge in [-0.25, -0.2) is 8.42 Å². The molecule has 0 aliphatic carbocycles. The van der Waals surface area contributed by atoms with Crippen LogP contribution in [0.3, 0.4) is 0 Å². The zero-order valence-electron chi connectivity index (χ0n) is 13.4. The average molecular weight is 399 g/mol. The molecular weight excluding hydrogens is 383 g/mol. The third-order valence-electron chi connectivity index (χ3n) is 4.04. The van der Waals surface area contributed by atoms with Crippen LogP contribution in [0, 0.1) is 6.92 Å². The molecule has 8 heteroatoms. The molecule has 0 atom stereocenters. The van der Waals surface area contributed by atoms with Gasteiger partial charge in [0, 0.05) is 17.8 Å². The second kappa shape index (κ2) is 6.86. The number of amides is 1. The van der Waals surface area contributed by atoms with E-state index in [1.807, 2.05) is 6.92 Å². The maximum atomic E-state index is 12.4. The molecule has 0 bridgehead atoms. The van der Waals surface area contributed by atoms with Crippen molar-refractivity contribution in [2.45, 2.75) is 13.3 Å². The van der Waals surface area contributed by atoms with E-state index in [1.165, 1.54) is 10.4 Å². The van der Waals surface area contributed by atoms with E-state index in [0.717, 1.165) is 5.56 Å². The van der Waals surface area contributed by atoms with E-state index in [0.29, 0.717) is 39.9 Å². The number of rotatable bonds is 3. The van der Waals surface area contributed by atoms with Crippen LogP contribution < -0.4 is 9.62 Å². The highest BCUT2D eigenvalue weighted by atomic mass is 35.5. The number of nitrogens with one attached hydrogen (secondary N) is 1. The molecule has 0 unspecified atom stereocenters. The molecule has 0 aromatic heterocycles. The highest BCUT2D eigenvalue weighted by Gasteiger charge is 2.28. The van der Waals surface area contributed by atoms with E-state index in [9.17, 15) is 13.2 Å². The minimum absolute atomic E-state index is 0.145. The van der Waals surface area contributed by atoms with Crippen molar-refractivity contribution in [1.82, 2.24) is 0 Å². The highest BCUT2D eigenvalue weighted by Crippen LogP contribution is 2.29. The minimum atomic E-state index is -3.27. The van der Waals surface area contributed by atoms with Crippen molar-refractivity contribution in [3.63, 3.8) is 0 Å². The molecule has 2 aromatic carbocycles. The Bertz CT molecular complexity index is 945. The molecule has 0 spiro atoms. The van der Waals surface area contributed by atoms with Crippen LogP contribution in [0.15, 0.2) is 36.4 Å². The summed E-state index contributed by atoms with van der Waals surface area (Å²) >= 11 is 11.8. The van der Waals surface area contributed by atoms with Crippen LogP contribution >= 0.6 is 23.2 Å². The molecule has 3 rings (SSSR count). The normalized spacial score (nSPS) is 16.0. The number of hydrogen-bond acceptors (Lipinski definition) is 3. The number of halogens is 2. The third kappa shape index (κ3) is 3.76. The molecule has 0 radical (unpaired) electrons. The Morgan fingerprint density at radius 1 is 1.12 bits per heavy atom. The number of aryl methyl sites for hydroxylation is 1. The molecule has 1 heterocycles. The third-order valence-corrected chi connectivity index (χ3v) is 6.65. The molecule has 25 heavy (non-hydrogen) atoms. The Balaban J connectivity index is 1.88. The van der Waals surface area contributed by atoms with Gasteiger partial charge >= 0.3 is 0 Å². The molecule has 1 aliphatic heterocycles. The monoisotopic (exact) mass is 398 g/mol. The number of carbonyl (C=O) groups is 1. The van der Waals surface area contributed by atoms with E-state index < -0.39 is 10.0 Å². The fourth-order valence-electron chi connectivity index (χ4n) is 2.66. The largest absolute Gasteiger partial charge is 0.322 e. The molecular formula is C17H16Cl2N2O3S. The summed E-state index contributed by atoms with van der Waals surface area (Å²) in [5, 5.41) is 3.47. The molecule has 1 saturated heterocycles. The van der Waals surface area contributed by atoms with Crippen molar-refractivity contribution in [3.8, 4) is 0 Å². The van der Waals surface area contributed by atoms with Crippen molar-refractivity contribution in [3.05, 3.63) is 57.6 Å². The first kappa shape index (κ1) is 18.0. The van der Waals surface area contributed by atoms with Crippen LogP contribution in [0.4, 0.5) is 11.4 Å². The Hall–Kier alpha value is -1.76. The lowest BCUT2D eigenvalue weighted by Crippen LogP contribution is -2.25. The summed E-state index contributed by atoms with van der Waals surface area (Å²) in [5.41, 5.74) is 2.30. The van der Waals surface area contributed by atoms with Gasteiger partial charge < -0.3 is 5.32 Å². The van der Waals surface area contributed by atoms with Gasteiger partial charge in [-0.05, 0) is 49.2 Å². The summed E-state index contributed by atoms with van der Waals surface area (Å²) < 4.78 is 25.5. The number of benzene rings is 2. The maximum absolute atomic E-state index is 12.4. The van der Waals surface area contributed by atoms with Gasteiger partial charge in [0.1, 0.15) is 0 Å². The summed E-state index contributed by atoms with van der Waals surface area (Å²) in [6.45, 7) is 2.29. The summed E-state index contributed by atoms with van der Waals surface area (Å²) in [6, 6.07) is 9.82. The first-order valence-electron chi connectivity index (χ1n) is 7.65. The second-order valence-electron chi connectivity index (χ2n) is 5.82. The quantitative estimate of drug-likeness (QED) is 0.846. The second-order valence-corrected chi connectivity index (χ2v) is 8.65. The van der Waals surface area contributed by atoms with E-state index in [1.54, 1.807) is 30.3 Å². The molecule has 132 valence electrons. The molecule has 2 aromatic rings. The van der Waals surface area contributed by atoms with Gasteiger partial charge in [-0.2, -0.15) is 0 Å². The molecule has 1 amide bonds. The fourth-order valence-corrected chi connectivity index (χ4v) is 4.52. The zero-order chi connectivity index (χ0) is 18.2. The Labute approximate surface area is 156 Å². The van der Waals surface area contributed by atoms with E-state index in [4.69, 9.17) is 23.2 Å². The Morgan fingerprint density at radius 2 is 1.88 bits per heavy atom. The zero-order valence-corrected chi connectivity index (χ0v) is 15.7. The van der Waals surface area contributed by atoms with E-state index in [-0.39, 0.29) is 11.7 Å². The van der Waals surface area contributed by atoms with Crippen LogP contribution in [0.2, 0.25) is 10.0 Å². The summed E-state index contributed by atoms with van der Waals surface area (Å²) in [7, 11) is -3.27. The number of hydrogen-bond donors (Lipinski definition) is 1. The standard InChI is InChI=1S/C17H16Cl2N2O3S/c1-11-3-5-13(21-7-2-8-25(21,23)24)10-16(11)20-17(22)12-4-6-14(18)15(19)9-12/h3-6,9-10H,2,7-8H2,1H3,(H,20,22). The first-order chi connectivity index (χ1) is 11.8. The van der Waals surface area contributed by atoms with Gasteiger partial charge in [-0.15, -0.1) is 0 Å². The van der Waals surface area contributed by atoms with Crippen molar-refractivity contribution in [2.24, 2.45) is 0 Å². The van der Waals surface area contributed by atoms with Gasteiger partial charge in [-0.1, -0.05) is 29.3 Å². The van der Waals surface area contributed by atoms with Crippen molar-refractivity contribution in [1.29, 1.82) is 0 Å². The van der Waals surface area contributed by atoms with Gasteiger partial charge in [-0.3, -0.25) is 9.10 Å². The van der Waals surface area contributed by atoms with Crippen LogP contribution in [0.5, 0.6) is 0 Å². The number of carbonyl (C=O) groups excluding carboxylic acids is 1. The highest BCUT2D eigenvalue weighted by molar-refractivity contribution is 7.93. The van der Waals surface area contributed by atoms with Gasteiger partial charge in [0.05, 0.1) is 21.5 Å². The fraction of sp³-hybridized carbons (Fsp3) is 0.235. The Kier molecular flexibility index (Phi) is 4.95. The number of anilines is 2. The number of sulfonamides is 1. The lowest BCUT2D eigenvalue weighted by Gasteiger charge is -2.19. The Morgan fingerprint density at radius 3 is 2.52 bits per heavy atom. The summed E-state index contributed by atoms with van der Waals surface area (Å²) in [4.78, 5) is 12.4. The SMILES string of the molecule is Cc1ccc(N2CCCS2(=O)=O)cc1NC(=O)c1ccc(Cl)c(Cl)c1. The van der Waals surface area contributed by atoms with Crippen LogP contribution in [0.1, 0.15) is 22.3 Å². The van der Waals surface area contributed by atoms with E-state index >= 15 is 0 Å². The van der Waals surface area contributed by atoms with Gasteiger partial charge in [0.15, 0.2) is 0 Å². The maximum Gasteiger partial charge on any atom is 0.255 e. The summed E-state index contributed by atoms with van der Waals surface area (Å²) in [6.07, 6.45) is 0.598. The van der Waals surface area contributed by atoms with Crippen LogP contribution in [0.25, 0.3) is 0 Å². The van der Waals surface area contributed by atoms with Crippen molar-refractivity contribution >= 4 is 50.5 Å². The number of nitrogens with zero attached hydrogens (tertiary/aromatic N) is 1. The molecule has 1 N–H and O–H groups in total. The lowest BCUT2D eigenvalue weighted by molar-refractivity contribution is 0.102. The topological polar surface area (TPSA) is 66.5 Å². The molecule has 5 nitrogen and oxygen atoms in total. The van der Waals surface area contributed by atoms with Crippen LogP contribution in [-0.4, -0.2) is 26.6 Å². The van der Waals surface area contributed by atoms with Gasteiger partial charge in [0.25, 0.3) is 5.91 Å². The average Bonchev–Trinajstić information content (AvgIpc) is 2.91.